The second kappa shape index (κ2) is 8.35. The third-order valence-electron chi connectivity index (χ3n) is 5.10. The Morgan fingerprint density at radius 2 is 2.04 bits per heavy atom. The van der Waals surface area contributed by atoms with Gasteiger partial charge < -0.3 is 14.6 Å². The monoisotopic (exact) mass is 385 g/mol. The Bertz CT molecular complexity index is 837. The maximum atomic E-state index is 12.8. The standard InChI is InChI=1S/C22H31N3O3/c1-22(2,3)28-21(27)24(4)13-16-8-7-11-25(14-16)15-20(26)18-12-23-19-10-6-5-9-17(18)19/h5-6,9-10,12,16,23H,7-8,11,13-15H2,1-4H3. The van der Waals surface area contributed by atoms with E-state index in [1.165, 1.54) is 0 Å². The maximum absolute atomic E-state index is 12.8. The van der Waals surface area contributed by atoms with Gasteiger partial charge in [0.2, 0.25) is 0 Å². The second-order valence-electron chi connectivity index (χ2n) is 8.78. The lowest BCUT2D eigenvalue weighted by atomic mass is 9.97. The number of rotatable bonds is 5. The molecule has 1 atom stereocenters. The van der Waals surface area contributed by atoms with E-state index in [4.69, 9.17) is 4.74 Å². The van der Waals surface area contributed by atoms with Gasteiger partial charge in [-0.15, -0.1) is 0 Å². The summed E-state index contributed by atoms with van der Waals surface area (Å²) in [5.74, 6) is 0.487. The minimum Gasteiger partial charge on any atom is -0.444 e. The highest BCUT2D eigenvalue weighted by Gasteiger charge is 2.26. The van der Waals surface area contributed by atoms with Crippen LogP contribution in [0.5, 0.6) is 0 Å². The second-order valence-corrected chi connectivity index (χ2v) is 8.78. The van der Waals surface area contributed by atoms with Crippen molar-refractivity contribution in [3.05, 3.63) is 36.0 Å². The molecule has 1 saturated heterocycles. The summed E-state index contributed by atoms with van der Waals surface area (Å²) in [7, 11) is 1.78. The molecule has 2 aromatic rings. The molecular weight excluding hydrogens is 354 g/mol. The fourth-order valence-electron chi connectivity index (χ4n) is 3.84. The molecule has 28 heavy (non-hydrogen) atoms. The summed E-state index contributed by atoms with van der Waals surface area (Å²) in [6, 6.07) is 7.88. The molecule has 2 heterocycles. The van der Waals surface area contributed by atoms with Crippen molar-refractivity contribution >= 4 is 22.8 Å². The summed E-state index contributed by atoms with van der Waals surface area (Å²) >= 11 is 0. The first-order valence-corrected chi connectivity index (χ1v) is 9.99. The number of likely N-dealkylation sites (tertiary alicyclic amines) is 1. The van der Waals surface area contributed by atoms with Crippen LogP contribution in [-0.4, -0.2) is 65.5 Å². The number of aromatic amines is 1. The molecule has 0 spiro atoms. The van der Waals surface area contributed by atoms with Gasteiger partial charge in [0.05, 0.1) is 6.54 Å². The smallest absolute Gasteiger partial charge is 0.410 e. The lowest BCUT2D eigenvalue weighted by molar-refractivity contribution is 0.0242. The molecule has 3 rings (SSSR count). The minimum absolute atomic E-state index is 0.138. The van der Waals surface area contributed by atoms with E-state index in [2.05, 4.69) is 9.88 Å². The van der Waals surface area contributed by atoms with Crippen LogP contribution in [0.1, 0.15) is 44.0 Å². The first-order valence-electron chi connectivity index (χ1n) is 9.99. The molecule has 1 aromatic heterocycles. The van der Waals surface area contributed by atoms with Crippen molar-refractivity contribution in [2.75, 3.05) is 33.2 Å². The zero-order valence-electron chi connectivity index (χ0n) is 17.3. The Hall–Kier alpha value is -2.34. The molecule has 1 unspecified atom stereocenters. The average Bonchev–Trinajstić information content (AvgIpc) is 3.04. The number of Topliss-reactive ketones (excluding diaryl/α,β-unsaturated/α-hetero) is 1. The zero-order valence-corrected chi connectivity index (χ0v) is 17.3. The van der Waals surface area contributed by atoms with Crippen molar-refractivity contribution in [3.8, 4) is 0 Å². The number of benzene rings is 1. The van der Waals surface area contributed by atoms with E-state index in [0.717, 1.165) is 42.4 Å². The number of nitrogens with zero attached hydrogens (tertiary/aromatic N) is 2. The lowest BCUT2D eigenvalue weighted by Gasteiger charge is -2.34. The Morgan fingerprint density at radius 3 is 2.79 bits per heavy atom. The number of ketones is 1. The molecule has 152 valence electrons. The molecule has 0 radical (unpaired) electrons. The predicted octanol–water partition coefficient (Wildman–Crippen LogP) is 3.93. The third-order valence-corrected chi connectivity index (χ3v) is 5.10. The molecule has 1 aromatic carbocycles. The highest BCUT2D eigenvalue weighted by molar-refractivity contribution is 6.08. The molecule has 0 saturated carbocycles. The minimum atomic E-state index is -0.490. The van der Waals surface area contributed by atoms with Gasteiger partial charge in [-0.3, -0.25) is 9.69 Å². The zero-order chi connectivity index (χ0) is 20.3. The number of amides is 1. The van der Waals surface area contributed by atoms with Crippen LogP contribution in [0.25, 0.3) is 10.9 Å². The summed E-state index contributed by atoms with van der Waals surface area (Å²) in [6.07, 6.45) is 3.61. The van der Waals surface area contributed by atoms with Gasteiger partial charge in [0, 0.05) is 42.8 Å². The Labute approximate surface area is 166 Å². The van der Waals surface area contributed by atoms with E-state index in [1.54, 1.807) is 11.9 Å². The number of ether oxygens (including phenoxy) is 1. The lowest BCUT2D eigenvalue weighted by Crippen LogP contribution is -2.44. The number of hydrogen-bond donors (Lipinski definition) is 1. The summed E-state index contributed by atoms with van der Waals surface area (Å²) in [5.41, 5.74) is 1.25. The van der Waals surface area contributed by atoms with Gasteiger partial charge in [-0.25, -0.2) is 4.79 Å². The molecule has 6 heteroatoms. The SMILES string of the molecule is CN(CC1CCCN(CC(=O)c2c[nH]c3ccccc23)C1)C(=O)OC(C)(C)C. The number of nitrogens with one attached hydrogen (secondary N) is 1. The largest absolute Gasteiger partial charge is 0.444 e. The topological polar surface area (TPSA) is 65.6 Å². The quantitative estimate of drug-likeness (QED) is 0.792. The Balaban J connectivity index is 1.56. The molecule has 0 bridgehead atoms. The van der Waals surface area contributed by atoms with Crippen LogP contribution in [0, 0.1) is 5.92 Å². The van der Waals surface area contributed by atoms with Crippen LogP contribution < -0.4 is 0 Å². The van der Waals surface area contributed by atoms with E-state index in [0.29, 0.717) is 19.0 Å². The van der Waals surface area contributed by atoms with Crippen molar-refractivity contribution in [2.45, 2.75) is 39.2 Å². The molecule has 1 fully saturated rings. The van der Waals surface area contributed by atoms with Crippen molar-refractivity contribution in [1.29, 1.82) is 0 Å². The summed E-state index contributed by atoms with van der Waals surface area (Å²) in [6.45, 7) is 8.41. The van der Waals surface area contributed by atoms with Gasteiger partial charge in [0.15, 0.2) is 5.78 Å². The van der Waals surface area contributed by atoms with Crippen LogP contribution in [0.15, 0.2) is 30.5 Å². The number of fused-ring (bicyclic) bond motifs is 1. The number of H-pyrrole nitrogens is 1. The number of carbonyl (C=O) groups is 2. The normalized spacial score (nSPS) is 18.2. The summed E-state index contributed by atoms with van der Waals surface area (Å²) in [4.78, 5) is 32.1. The number of hydrogen-bond acceptors (Lipinski definition) is 4. The third kappa shape index (κ3) is 5.13. The van der Waals surface area contributed by atoms with Crippen LogP contribution in [0.4, 0.5) is 4.79 Å². The van der Waals surface area contributed by atoms with Gasteiger partial charge in [-0.1, -0.05) is 18.2 Å². The predicted molar refractivity (Wildman–Crippen MR) is 111 cm³/mol. The highest BCUT2D eigenvalue weighted by atomic mass is 16.6. The van der Waals surface area contributed by atoms with Gasteiger partial charge in [-0.2, -0.15) is 0 Å². The first-order chi connectivity index (χ1) is 13.2. The van der Waals surface area contributed by atoms with E-state index >= 15 is 0 Å². The van der Waals surface area contributed by atoms with Gasteiger partial charge in [0.1, 0.15) is 5.60 Å². The van der Waals surface area contributed by atoms with Crippen molar-refractivity contribution in [3.63, 3.8) is 0 Å². The fraction of sp³-hybridized carbons (Fsp3) is 0.545. The molecule has 1 amide bonds. The van der Waals surface area contributed by atoms with Gasteiger partial charge in [0.25, 0.3) is 0 Å². The van der Waals surface area contributed by atoms with Crippen molar-refractivity contribution in [2.24, 2.45) is 5.92 Å². The number of carbonyl (C=O) groups excluding carboxylic acids is 2. The van der Waals surface area contributed by atoms with Crippen LogP contribution in [0.2, 0.25) is 0 Å². The van der Waals surface area contributed by atoms with Crippen LogP contribution in [0.3, 0.4) is 0 Å². The number of para-hydroxylation sites is 1. The van der Waals surface area contributed by atoms with Crippen LogP contribution >= 0.6 is 0 Å². The van der Waals surface area contributed by atoms with E-state index in [1.807, 2.05) is 51.2 Å². The Kier molecular flexibility index (Phi) is 6.08. The fourth-order valence-corrected chi connectivity index (χ4v) is 3.84. The highest BCUT2D eigenvalue weighted by Crippen LogP contribution is 2.21. The van der Waals surface area contributed by atoms with E-state index < -0.39 is 5.60 Å². The van der Waals surface area contributed by atoms with Crippen molar-refractivity contribution in [1.82, 2.24) is 14.8 Å². The van der Waals surface area contributed by atoms with Crippen LogP contribution in [-0.2, 0) is 4.74 Å². The van der Waals surface area contributed by atoms with Crippen molar-refractivity contribution < 1.29 is 14.3 Å². The molecule has 6 nitrogen and oxygen atoms in total. The summed E-state index contributed by atoms with van der Waals surface area (Å²) < 4.78 is 5.44. The van der Waals surface area contributed by atoms with Gasteiger partial charge >= 0.3 is 6.09 Å². The Morgan fingerprint density at radius 1 is 1.29 bits per heavy atom. The molecular formula is C22H31N3O3. The molecule has 1 aliphatic rings. The summed E-state index contributed by atoms with van der Waals surface area (Å²) in [5, 5.41) is 0.978. The molecule has 0 aliphatic carbocycles. The maximum Gasteiger partial charge on any atom is 0.410 e. The average molecular weight is 386 g/mol. The first kappa shape index (κ1) is 20.4. The number of piperidine rings is 1. The number of aromatic nitrogens is 1. The van der Waals surface area contributed by atoms with E-state index in [-0.39, 0.29) is 11.9 Å². The molecule has 1 N–H and O–H groups in total. The van der Waals surface area contributed by atoms with Gasteiger partial charge in [-0.05, 0) is 52.1 Å². The molecule has 1 aliphatic heterocycles. The van der Waals surface area contributed by atoms with E-state index in [9.17, 15) is 9.59 Å².